The second kappa shape index (κ2) is 11.3. The van der Waals surface area contributed by atoms with Gasteiger partial charge in [-0.1, -0.05) is 153 Å². The Morgan fingerprint density at radius 3 is 1.98 bits per heavy atom. The summed E-state index contributed by atoms with van der Waals surface area (Å²) in [7, 11) is 0. The molecule has 0 saturated carbocycles. The van der Waals surface area contributed by atoms with Crippen molar-refractivity contribution in [2.45, 2.75) is 19.3 Å². The molecule has 0 spiro atoms. The van der Waals surface area contributed by atoms with E-state index in [4.69, 9.17) is 0 Å². The van der Waals surface area contributed by atoms with Gasteiger partial charge in [-0.25, -0.2) is 0 Å². The molecule has 0 radical (unpaired) electrons. The average Bonchev–Trinajstić information content (AvgIpc) is 3.65. The van der Waals surface area contributed by atoms with Crippen LogP contribution in [0.5, 0.6) is 0 Å². The maximum Gasteiger partial charge on any atom is 0.0620 e. The van der Waals surface area contributed by atoms with Gasteiger partial charge in [0, 0.05) is 38.5 Å². The molecular weight excluding hydrogens is 617 g/mol. The van der Waals surface area contributed by atoms with E-state index in [9.17, 15) is 0 Å². The van der Waals surface area contributed by atoms with Crippen molar-refractivity contribution in [3.8, 4) is 27.9 Å². The van der Waals surface area contributed by atoms with E-state index in [1.165, 1.54) is 66.0 Å². The van der Waals surface area contributed by atoms with Crippen molar-refractivity contribution in [3.63, 3.8) is 0 Å². The van der Waals surface area contributed by atoms with Crippen LogP contribution in [0.15, 0.2) is 182 Å². The Bertz CT molecular complexity index is 2770. The molecule has 1 aromatic heterocycles. The summed E-state index contributed by atoms with van der Waals surface area (Å²) < 4.78 is 2.46. The van der Waals surface area contributed by atoms with Gasteiger partial charge in [-0.15, -0.1) is 0 Å². The Kier molecular flexibility index (Phi) is 6.56. The van der Waals surface area contributed by atoms with E-state index < -0.39 is 0 Å². The van der Waals surface area contributed by atoms with Gasteiger partial charge in [-0.2, -0.15) is 0 Å². The smallest absolute Gasteiger partial charge is 0.0620 e. The normalized spacial score (nSPS) is 13.1. The second-order valence-corrected chi connectivity index (χ2v) is 14.1. The minimum Gasteiger partial charge on any atom is -0.309 e. The lowest BCUT2D eigenvalue weighted by Gasteiger charge is -2.30. The topological polar surface area (TPSA) is 8.17 Å². The summed E-state index contributed by atoms with van der Waals surface area (Å²) >= 11 is 0. The van der Waals surface area contributed by atoms with E-state index in [1.807, 2.05) is 0 Å². The van der Waals surface area contributed by atoms with Crippen LogP contribution in [-0.2, 0) is 5.41 Å². The first kappa shape index (κ1) is 29.5. The molecule has 0 saturated heterocycles. The van der Waals surface area contributed by atoms with E-state index in [0.717, 1.165) is 22.7 Å². The average molecular weight is 653 g/mol. The maximum atomic E-state index is 2.51. The Labute approximate surface area is 298 Å². The van der Waals surface area contributed by atoms with Crippen LogP contribution in [0.25, 0.3) is 60.5 Å². The summed E-state index contributed by atoms with van der Waals surface area (Å²) in [5, 5.41) is 4.94. The highest BCUT2D eigenvalue weighted by Crippen LogP contribution is 2.52. The van der Waals surface area contributed by atoms with Crippen LogP contribution in [0, 0.1) is 0 Å². The summed E-state index contributed by atoms with van der Waals surface area (Å²) in [4.78, 5) is 2.51. The number of hydrogen-bond donors (Lipinski definition) is 0. The van der Waals surface area contributed by atoms with Crippen molar-refractivity contribution in [2.24, 2.45) is 0 Å². The molecule has 0 amide bonds. The van der Waals surface area contributed by atoms with Crippen LogP contribution in [0.4, 0.5) is 17.1 Å². The van der Waals surface area contributed by atoms with Crippen molar-refractivity contribution < 1.29 is 0 Å². The lowest BCUT2D eigenvalue weighted by molar-refractivity contribution is 0.660. The Morgan fingerprint density at radius 1 is 0.471 bits per heavy atom. The van der Waals surface area contributed by atoms with Crippen LogP contribution in [0.3, 0.4) is 0 Å². The number of fused-ring (bicyclic) bond motifs is 8. The number of para-hydroxylation sites is 2. The molecule has 2 heteroatoms. The molecule has 242 valence electrons. The van der Waals surface area contributed by atoms with E-state index >= 15 is 0 Å². The largest absolute Gasteiger partial charge is 0.309 e. The highest BCUT2D eigenvalue weighted by molar-refractivity contribution is 6.23. The van der Waals surface area contributed by atoms with Crippen molar-refractivity contribution >= 4 is 49.6 Å². The number of rotatable bonds is 5. The zero-order valence-corrected chi connectivity index (χ0v) is 28.7. The molecule has 0 unspecified atom stereocenters. The Hall–Kier alpha value is -6.38. The van der Waals surface area contributed by atoms with Gasteiger partial charge in [0.2, 0.25) is 0 Å². The zero-order chi connectivity index (χ0) is 34.1. The molecule has 10 rings (SSSR count). The van der Waals surface area contributed by atoms with Gasteiger partial charge in [0.25, 0.3) is 0 Å². The fourth-order valence-electron chi connectivity index (χ4n) is 8.61. The van der Waals surface area contributed by atoms with Crippen molar-refractivity contribution in [1.82, 2.24) is 4.57 Å². The summed E-state index contributed by atoms with van der Waals surface area (Å²) in [6.45, 7) is 4.73. The highest BCUT2D eigenvalue weighted by atomic mass is 15.2. The van der Waals surface area contributed by atoms with Gasteiger partial charge < -0.3 is 9.47 Å². The van der Waals surface area contributed by atoms with Crippen LogP contribution in [0.2, 0.25) is 0 Å². The monoisotopic (exact) mass is 652 g/mol. The van der Waals surface area contributed by atoms with Gasteiger partial charge in [0.05, 0.1) is 22.4 Å². The van der Waals surface area contributed by atoms with E-state index in [0.29, 0.717) is 0 Å². The quantitative estimate of drug-likeness (QED) is 0.180. The molecular formula is C49H36N2. The third-order valence-corrected chi connectivity index (χ3v) is 11.0. The van der Waals surface area contributed by atoms with E-state index in [-0.39, 0.29) is 5.41 Å². The molecule has 1 aliphatic rings. The lowest BCUT2D eigenvalue weighted by Crippen LogP contribution is -2.17. The lowest BCUT2D eigenvalue weighted by atomic mass is 9.82. The summed E-state index contributed by atoms with van der Waals surface area (Å²) in [5.41, 5.74) is 14.6. The Balaban J connectivity index is 1.32. The standard InChI is InChI=1S/C49H36N2/c1-49(2)42-24-13-11-23-39(42)40-31-29-36(32-43(40)49)50(44-25-14-12-21-37(44)33-16-5-3-6-17-33)45-26-15-27-46-47(45)41-30-28-34-18-9-10-22-38(34)48(41)51(46)35-19-7-4-8-20-35/h3-32H,1-2H3. The third-order valence-electron chi connectivity index (χ3n) is 11.0. The molecule has 0 aliphatic heterocycles. The van der Waals surface area contributed by atoms with Gasteiger partial charge in [0.15, 0.2) is 0 Å². The summed E-state index contributed by atoms with van der Waals surface area (Å²) in [6.07, 6.45) is 0. The second-order valence-electron chi connectivity index (χ2n) is 14.1. The minimum absolute atomic E-state index is 0.124. The molecule has 0 N–H and O–H groups in total. The molecule has 0 bridgehead atoms. The zero-order valence-electron chi connectivity index (χ0n) is 28.7. The van der Waals surface area contributed by atoms with Gasteiger partial charge in [-0.05, 0) is 75.7 Å². The molecule has 51 heavy (non-hydrogen) atoms. The van der Waals surface area contributed by atoms with Crippen molar-refractivity contribution in [3.05, 3.63) is 193 Å². The molecule has 9 aromatic rings. The van der Waals surface area contributed by atoms with Gasteiger partial charge in [-0.3, -0.25) is 0 Å². The van der Waals surface area contributed by atoms with Gasteiger partial charge in [0.1, 0.15) is 0 Å². The molecule has 1 heterocycles. The maximum absolute atomic E-state index is 2.51. The molecule has 2 nitrogen and oxygen atoms in total. The number of benzene rings is 8. The first-order valence-electron chi connectivity index (χ1n) is 17.8. The van der Waals surface area contributed by atoms with E-state index in [1.54, 1.807) is 0 Å². The third kappa shape index (κ3) is 4.43. The fourth-order valence-corrected chi connectivity index (χ4v) is 8.61. The fraction of sp³-hybridized carbons (Fsp3) is 0.0612. The van der Waals surface area contributed by atoms with Crippen LogP contribution in [0.1, 0.15) is 25.0 Å². The number of anilines is 3. The summed E-state index contributed by atoms with van der Waals surface area (Å²) in [5.74, 6) is 0. The van der Waals surface area contributed by atoms with Crippen LogP contribution >= 0.6 is 0 Å². The van der Waals surface area contributed by atoms with Crippen molar-refractivity contribution in [1.29, 1.82) is 0 Å². The summed E-state index contributed by atoms with van der Waals surface area (Å²) in [6, 6.07) is 66.6. The molecule has 8 aromatic carbocycles. The molecule has 0 fully saturated rings. The number of hydrogen-bond acceptors (Lipinski definition) is 1. The minimum atomic E-state index is -0.124. The predicted octanol–water partition coefficient (Wildman–Crippen LogP) is 13.4. The van der Waals surface area contributed by atoms with Crippen LogP contribution < -0.4 is 4.90 Å². The number of nitrogens with zero attached hydrogens (tertiary/aromatic N) is 2. The number of aromatic nitrogens is 1. The first-order chi connectivity index (χ1) is 25.1. The van der Waals surface area contributed by atoms with Gasteiger partial charge >= 0.3 is 0 Å². The SMILES string of the molecule is CC1(C)c2ccccc2-c2ccc(N(c3ccccc3-c3ccccc3)c3cccc4c3c3ccc5ccccc5c3n4-c3ccccc3)cc21. The van der Waals surface area contributed by atoms with E-state index in [2.05, 4.69) is 205 Å². The highest BCUT2D eigenvalue weighted by Gasteiger charge is 2.36. The molecule has 0 atom stereocenters. The predicted molar refractivity (Wildman–Crippen MR) is 216 cm³/mol. The molecule has 1 aliphatic carbocycles. The van der Waals surface area contributed by atoms with Crippen molar-refractivity contribution in [2.75, 3.05) is 4.90 Å². The Morgan fingerprint density at radius 2 is 1.14 bits per heavy atom. The first-order valence-corrected chi connectivity index (χ1v) is 17.8. The van der Waals surface area contributed by atoms with Crippen LogP contribution in [-0.4, -0.2) is 4.57 Å².